The Balaban J connectivity index is 1.42. The van der Waals surface area contributed by atoms with Crippen molar-refractivity contribution in [3.8, 4) is 11.5 Å². The Bertz CT molecular complexity index is 1130. The summed E-state index contributed by atoms with van der Waals surface area (Å²) in [6, 6.07) is 10.6. The fourth-order valence-corrected chi connectivity index (χ4v) is 5.28. The van der Waals surface area contributed by atoms with Gasteiger partial charge in [0.05, 0.1) is 25.2 Å². The maximum absolute atomic E-state index is 12.9. The lowest BCUT2D eigenvalue weighted by atomic mass is 9.85. The van der Waals surface area contributed by atoms with Gasteiger partial charge in [-0.3, -0.25) is 9.59 Å². The highest BCUT2D eigenvalue weighted by molar-refractivity contribution is 6.31. The SMILES string of the molecule is COc1cc(Cl)cc(C=NN2C(=O)[C@@H]3[C@H](C2=O)[C@H]2C=C[C@H]3C2)c1OCc1ccccc1Cl. The van der Waals surface area contributed by atoms with Gasteiger partial charge in [-0.25, -0.2) is 0 Å². The molecule has 4 atom stereocenters. The van der Waals surface area contributed by atoms with E-state index >= 15 is 0 Å². The Morgan fingerprint density at radius 2 is 1.78 bits per heavy atom. The summed E-state index contributed by atoms with van der Waals surface area (Å²) >= 11 is 12.5. The van der Waals surface area contributed by atoms with Crippen LogP contribution >= 0.6 is 23.2 Å². The van der Waals surface area contributed by atoms with Crippen LogP contribution in [-0.2, 0) is 16.2 Å². The first-order valence-corrected chi connectivity index (χ1v) is 11.1. The summed E-state index contributed by atoms with van der Waals surface area (Å²) in [4.78, 5) is 25.8. The average molecular weight is 471 g/mol. The van der Waals surface area contributed by atoms with Gasteiger partial charge < -0.3 is 9.47 Å². The minimum Gasteiger partial charge on any atom is -0.493 e. The van der Waals surface area contributed by atoms with Crippen LogP contribution in [0.25, 0.3) is 0 Å². The first-order chi connectivity index (χ1) is 15.5. The van der Waals surface area contributed by atoms with Gasteiger partial charge >= 0.3 is 0 Å². The summed E-state index contributed by atoms with van der Waals surface area (Å²) in [7, 11) is 1.51. The van der Waals surface area contributed by atoms with Crippen LogP contribution in [-0.4, -0.2) is 30.1 Å². The predicted molar refractivity (Wildman–Crippen MR) is 121 cm³/mol. The molecule has 0 aromatic heterocycles. The highest BCUT2D eigenvalue weighted by Crippen LogP contribution is 2.52. The van der Waals surface area contributed by atoms with Gasteiger partial charge in [-0.15, -0.1) is 0 Å². The number of halogens is 2. The monoisotopic (exact) mass is 470 g/mol. The summed E-state index contributed by atoms with van der Waals surface area (Å²) in [5, 5.41) is 6.23. The number of amides is 2. The van der Waals surface area contributed by atoms with E-state index in [1.54, 1.807) is 18.2 Å². The van der Waals surface area contributed by atoms with Crippen molar-refractivity contribution in [2.75, 3.05) is 7.11 Å². The normalized spacial score (nSPS) is 25.8. The lowest BCUT2D eigenvalue weighted by Crippen LogP contribution is -2.28. The van der Waals surface area contributed by atoms with Crippen molar-refractivity contribution in [2.24, 2.45) is 28.8 Å². The molecule has 1 aliphatic heterocycles. The molecule has 2 amide bonds. The Morgan fingerprint density at radius 1 is 1.09 bits per heavy atom. The topological polar surface area (TPSA) is 68.2 Å². The molecule has 2 bridgehead atoms. The van der Waals surface area contributed by atoms with Crippen LogP contribution in [0.4, 0.5) is 0 Å². The fourth-order valence-electron chi connectivity index (χ4n) is 4.88. The molecule has 2 aliphatic carbocycles. The highest BCUT2D eigenvalue weighted by atomic mass is 35.5. The minimum absolute atomic E-state index is 0.127. The van der Waals surface area contributed by atoms with Gasteiger partial charge in [-0.05, 0) is 30.4 Å². The number of fused-ring (bicyclic) bond motifs is 5. The molecule has 3 aliphatic rings. The van der Waals surface area contributed by atoms with E-state index in [1.165, 1.54) is 13.3 Å². The van der Waals surface area contributed by atoms with E-state index in [4.69, 9.17) is 32.7 Å². The first kappa shape index (κ1) is 21.0. The second-order valence-electron chi connectivity index (χ2n) is 8.14. The summed E-state index contributed by atoms with van der Waals surface area (Å²) in [5.74, 6) is -0.0594. The van der Waals surface area contributed by atoms with E-state index < -0.39 is 0 Å². The molecule has 5 rings (SSSR count). The molecule has 0 spiro atoms. The number of nitrogens with zero attached hydrogens (tertiary/aromatic N) is 2. The van der Waals surface area contributed by atoms with Crippen molar-refractivity contribution in [3.05, 3.63) is 69.7 Å². The van der Waals surface area contributed by atoms with Crippen LogP contribution in [0.3, 0.4) is 0 Å². The van der Waals surface area contributed by atoms with Gasteiger partial charge in [0, 0.05) is 27.2 Å². The van der Waals surface area contributed by atoms with E-state index in [2.05, 4.69) is 5.10 Å². The van der Waals surface area contributed by atoms with Crippen molar-refractivity contribution >= 4 is 41.2 Å². The van der Waals surface area contributed by atoms with Gasteiger partial charge in [-0.2, -0.15) is 10.1 Å². The zero-order valence-corrected chi connectivity index (χ0v) is 18.7. The number of benzene rings is 2. The van der Waals surface area contributed by atoms with E-state index in [-0.39, 0.29) is 42.1 Å². The third-order valence-corrected chi connectivity index (χ3v) is 6.94. The second-order valence-corrected chi connectivity index (χ2v) is 8.98. The predicted octanol–water partition coefficient (Wildman–Crippen LogP) is 4.72. The molecule has 164 valence electrons. The molecule has 0 N–H and O–H groups in total. The molecule has 2 fully saturated rings. The summed E-state index contributed by atoms with van der Waals surface area (Å²) in [5.41, 5.74) is 1.29. The smallest absolute Gasteiger partial charge is 0.254 e. The van der Waals surface area contributed by atoms with E-state index in [1.807, 2.05) is 30.4 Å². The van der Waals surface area contributed by atoms with E-state index in [9.17, 15) is 9.59 Å². The number of ether oxygens (including phenoxy) is 2. The van der Waals surface area contributed by atoms with Crippen LogP contribution in [0, 0.1) is 23.7 Å². The molecule has 0 radical (unpaired) electrons. The highest BCUT2D eigenvalue weighted by Gasteiger charge is 2.59. The number of carbonyl (C=O) groups excluding carboxylic acids is 2. The van der Waals surface area contributed by atoms with Crippen molar-refractivity contribution in [3.63, 3.8) is 0 Å². The van der Waals surface area contributed by atoms with Gasteiger partial charge in [0.1, 0.15) is 6.61 Å². The number of hydrazone groups is 1. The molecule has 2 aromatic rings. The van der Waals surface area contributed by atoms with Crippen LogP contribution in [0.5, 0.6) is 11.5 Å². The maximum atomic E-state index is 12.9. The van der Waals surface area contributed by atoms with Gasteiger partial charge in [0.25, 0.3) is 11.8 Å². The zero-order chi connectivity index (χ0) is 22.4. The number of carbonyl (C=O) groups is 2. The average Bonchev–Trinajstić information content (AvgIpc) is 3.46. The lowest BCUT2D eigenvalue weighted by molar-refractivity contribution is -0.140. The van der Waals surface area contributed by atoms with Gasteiger partial charge in [0.2, 0.25) is 0 Å². The first-order valence-electron chi connectivity index (χ1n) is 10.3. The number of hydrogen-bond acceptors (Lipinski definition) is 5. The standard InChI is InChI=1S/C24H20Cl2N2O4/c1-31-19-10-17(25)9-16(22(19)32-12-15-4-2-3-5-18(15)26)11-27-28-23(29)20-13-6-7-14(8-13)21(20)24(28)30/h2-7,9-11,13-14,20-21H,8,12H2,1H3/t13-,14-,20-,21+/m0/s1. The molecular formula is C24H20Cl2N2O4. The van der Waals surface area contributed by atoms with Gasteiger partial charge in [0.15, 0.2) is 11.5 Å². The third kappa shape index (κ3) is 3.48. The lowest BCUT2D eigenvalue weighted by Gasteiger charge is -2.15. The fraction of sp³-hybridized carbons (Fsp3) is 0.292. The molecule has 1 saturated carbocycles. The third-order valence-electron chi connectivity index (χ3n) is 6.36. The van der Waals surface area contributed by atoms with Crippen molar-refractivity contribution < 1.29 is 19.1 Å². The second kappa shape index (κ2) is 8.26. The van der Waals surface area contributed by atoms with Crippen LogP contribution < -0.4 is 9.47 Å². The Kier molecular flexibility index (Phi) is 5.43. The minimum atomic E-state index is -0.306. The Hall–Kier alpha value is -2.83. The number of imide groups is 1. The maximum Gasteiger partial charge on any atom is 0.254 e. The molecule has 0 unspecified atom stereocenters. The Labute approximate surface area is 195 Å². The van der Waals surface area contributed by atoms with Crippen LogP contribution in [0.1, 0.15) is 17.5 Å². The number of rotatable bonds is 6. The quantitative estimate of drug-likeness (QED) is 0.347. The van der Waals surface area contributed by atoms with Crippen LogP contribution in [0.2, 0.25) is 10.0 Å². The molecule has 32 heavy (non-hydrogen) atoms. The Morgan fingerprint density at radius 3 is 2.44 bits per heavy atom. The molecule has 6 nitrogen and oxygen atoms in total. The van der Waals surface area contributed by atoms with Crippen molar-refractivity contribution in [2.45, 2.75) is 13.0 Å². The van der Waals surface area contributed by atoms with Crippen molar-refractivity contribution in [1.82, 2.24) is 5.01 Å². The zero-order valence-electron chi connectivity index (χ0n) is 17.2. The van der Waals surface area contributed by atoms with E-state index in [0.717, 1.165) is 17.0 Å². The number of allylic oxidation sites excluding steroid dienone is 2. The molecular weight excluding hydrogens is 451 g/mol. The molecule has 1 saturated heterocycles. The van der Waals surface area contributed by atoms with Crippen molar-refractivity contribution in [1.29, 1.82) is 0 Å². The van der Waals surface area contributed by atoms with E-state index in [0.29, 0.717) is 27.1 Å². The molecule has 8 heteroatoms. The summed E-state index contributed by atoms with van der Waals surface area (Å²) in [6.45, 7) is 0.194. The number of methoxy groups -OCH3 is 1. The largest absolute Gasteiger partial charge is 0.493 e. The summed E-state index contributed by atoms with van der Waals surface area (Å²) < 4.78 is 11.4. The number of hydrogen-bond donors (Lipinski definition) is 0. The van der Waals surface area contributed by atoms with Gasteiger partial charge in [-0.1, -0.05) is 53.6 Å². The molecule has 2 aromatic carbocycles. The summed E-state index contributed by atoms with van der Waals surface area (Å²) in [6.07, 6.45) is 6.39. The molecule has 1 heterocycles. The van der Waals surface area contributed by atoms with Crippen LogP contribution in [0.15, 0.2) is 53.7 Å².